The highest BCUT2D eigenvalue weighted by atomic mass is 16.6. The van der Waals surface area contributed by atoms with E-state index in [0.717, 1.165) is 135 Å². The maximum Gasteiger partial charge on any atom is 0.306 e. The zero-order chi connectivity index (χ0) is 52.9. The minimum absolute atomic E-state index is 0.0867. The number of hydrogen-bond acceptors (Lipinski definition) is 6. The van der Waals surface area contributed by atoms with Crippen LogP contribution in [-0.4, -0.2) is 37.2 Å². The van der Waals surface area contributed by atoms with Crippen LogP contribution in [0.1, 0.15) is 265 Å². The van der Waals surface area contributed by atoms with Crippen molar-refractivity contribution in [2.24, 2.45) is 0 Å². The van der Waals surface area contributed by atoms with Crippen LogP contribution in [-0.2, 0) is 28.6 Å². The van der Waals surface area contributed by atoms with Crippen LogP contribution in [0.4, 0.5) is 0 Å². The van der Waals surface area contributed by atoms with Crippen LogP contribution in [0.25, 0.3) is 0 Å². The molecule has 73 heavy (non-hydrogen) atoms. The third-order valence-electron chi connectivity index (χ3n) is 12.5. The summed E-state index contributed by atoms with van der Waals surface area (Å²) in [4.78, 5) is 37.8. The molecule has 0 spiro atoms. The molecule has 0 aromatic heterocycles. The lowest BCUT2D eigenvalue weighted by Crippen LogP contribution is -2.30. The number of unbranched alkanes of at least 4 members (excludes halogenated alkanes) is 22. The highest BCUT2D eigenvalue weighted by Gasteiger charge is 2.19. The fourth-order valence-electron chi connectivity index (χ4n) is 7.96. The smallest absolute Gasteiger partial charge is 0.306 e. The lowest BCUT2D eigenvalue weighted by Gasteiger charge is -2.18. The molecule has 1 unspecified atom stereocenters. The quantitative estimate of drug-likeness (QED) is 0.0261. The van der Waals surface area contributed by atoms with Crippen LogP contribution in [0.15, 0.2) is 122 Å². The molecule has 0 aromatic carbocycles. The average molecular weight is 1010 g/mol. The first-order valence-corrected chi connectivity index (χ1v) is 30.0. The van der Waals surface area contributed by atoms with Gasteiger partial charge in [0.25, 0.3) is 0 Å². The van der Waals surface area contributed by atoms with E-state index in [1.165, 1.54) is 89.9 Å². The standard InChI is InChI=1S/C67H110O6/c1-4-7-10-13-15-17-19-21-23-25-27-28-29-30-31-32-33-34-35-36-37-38-40-41-43-45-47-49-51-54-57-60-66(69)72-63-64(62-71-65(68)59-56-53-12-9-6-3)73-67(70)61-58-55-52-50-48-46-44-42-39-26-24-22-20-18-16-14-11-8-5-2/h7,10,15-18,21-24,27-28,30-31,33-34,36-37,40-41,64H,4-6,8-9,11-14,19-20,25-26,29,32,35,38-39,42-63H2,1-3H3/b10-7-,17-15-,18-16-,23-21-,24-22-,28-27-,31-30-,34-33-,37-36-,41-40-. The molecule has 0 fully saturated rings. The second-order valence-corrected chi connectivity index (χ2v) is 19.5. The second-order valence-electron chi connectivity index (χ2n) is 19.5. The molecule has 0 N–H and O–H groups in total. The van der Waals surface area contributed by atoms with E-state index in [1.807, 2.05) is 0 Å². The summed E-state index contributed by atoms with van der Waals surface area (Å²) in [5, 5.41) is 0. The van der Waals surface area contributed by atoms with Gasteiger partial charge < -0.3 is 14.2 Å². The van der Waals surface area contributed by atoms with Gasteiger partial charge in [-0.3, -0.25) is 14.4 Å². The first-order chi connectivity index (χ1) is 36.0. The zero-order valence-electron chi connectivity index (χ0n) is 47.4. The van der Waals surface area contributed by atoms with Gasteiger partial charge in [0, 0.05) is 19.3 Å². The van der Waals surface area contributed by atoms with Gasteiger partial charge in [-0.25, -0.2) is 0 Å². The van der Waals surface area contributed by atoms with Crippen molar-refractivity contribution in [3.63, 3.8) is 0 Å². The molecule has 0 radical (unpaired) electrons. The normalized spacial score (nSPS) is 13.0. The van der Waals surface area contributed by atoms with Crippen molar-refractivity contribution >= 4 is 17.9 Å². The molecule has 414 valence electrons. The van der Waals surface area contributed by atoms with Crippen LogP contribution in [0.5, 0.6) is 0 Å². The molecule has 0 aliphatic rings. The highest BCUT2D eigenvalue weighted by molar-refractivity contribution is 5.71. The Morgan fingerprint density at radius 2 is 0.534 bits per heavy atom. The fourth-order valence-corrected chi connectivity index (χ4v) is 7.96. The maximum atomic E-state index is 12.8. The fraction of sp³-hybridized carbons (Fsp3) is 0.657. The lowest BCUT2D eigenvalue weighted by atomic mass is 10.1. The van der Waals surface area contributed by atoms with E-state index >= 15 is 0 Å². The van der Waals surface area contributed by atoms with Crippen molar-refractivity contribution in [3.05, 3.63) is 122 Å². The van der Waals surface area contributed by atoms with E-state index in [2.05, 4.69) is 142 Å². The van der Waals surface area contributed by atoms with Gasteiger partial charge in [0.05, 0.1) is 0 Å². The minimum atomic E-state index is -0.786. The molecule has 0 aliphatic heterocycles. The van der Waals surface area contributed by atoms with Crippen LogP contribution in [0, 0.1) is 0 Å². The Morgan fingerprint density at radius 3 is 0.863 bits per heavy atom. The molecule has 0 saturated carbocycles. The van der Waals surface area contributed by atoms with Crippen molar-refractivity contribution in [3.8, 4) is 0 Å². The van der Waals surface area contributed by atoms with Crippen molar-refractivity contribution in [2.45, 2.75) is 271 Å². The Balaban J connectivity index is 4.13. The maximum absolute atomic E-state index is 12.8. The summed E-state index contributed by atoms with van der Waals surface area (Å²) in [6.45, 7) is 6.40. The van der Waals surface area contributed by atoms with E-state index in [4.69, 9.17) is 14.2 Å². The first kappa shape index (κ1) is 68.8. The summed E-state index contributed by atoms with van der Waals surface area (Å²) in [5.41, 5.74) is 0. The van der Waals surface area contributed by atoms with Crippen molar-refractivity contribution in [2.75, 3.05) is 13.2 Å². The molecule has 0 saturated heterocycles. The average Bonchev–Trinajstić information content (AvgIpc) is 3.39. The molecule has 6 nitrogen and oxygen atoms in total. The Kier molecular flexibility index (Phi) is 56.9. The first-order valence-electron chi connectivity index (χ1n) is 30.0. The molecule has 6 heteroatoms. The topological polar surface area (TPSA) is 78.9 Å². The van der Waals surface area contributed by atoms with Gasteiger partial charge in [0.15, 0.2) is 6.10 Å². The van der Waals surface area contributed by atoms with Crippen molar-refractivity contribution < 1.29 is 28.6 Å². The van der Waals surface area contributed by atoms with E-state index < -0.39 is 6.10 Å². The number of ether oxygens (including phenoxy) is 3. The largest absolute Gasteiger partial charge is 0.462 e. The Labute approximate surface area is 450 Å². The number of rotatable bonds is 53. The summed E-state index contributed by atoms with van der Waals surface area (Å²) >= 11 is 0. The molecule has 0 rings (SSSR count). The Hall–Kier alpha value is -4.19. The monoisotopic (exact) mass is 1010 g/mol. The predicted molar refractivity (Wildman–Crippen MR) is 316 cm³/mol. The number of carbonyl (C=O) groups is 3. The lowest BCUT2D eigenvalue weighted by molar-refractivity contribution is -0.167. The molecule has 0 amide bonds. The predicted octanol–water partition coefficient (Wildman–Crippen LogP) is 20.4. The highest BCUT2D eigenvalue weighted by Crippen LogP contribution is 2.14. The van der Waals surface area contributed by atoms with Crippen LogP contribution >= 0.6 is 0 Å². The molecule has 0 aliphatic carbocycles. The van der Waals surface area contributed by atoms with Crippen LogP contribution < -0.4 is 0 Å². The van der Waals surface area contributed by atoms with Crippen molar-refractivity contribution in [1.82, 2.24) is 0 Å². The van der Waals surface area contributed by atoms with Gasteiger partial charge >= 0.3 is 17.9 Å². The zero-order valence-corrected chi connectivity index (χ0v) is 47.4. The van der Waals surface area contributed by atoms with E-state index in [1.54, 1.807) is 0 Å². The molecule has 1 atom stereocenters. The van der Waals surface area contributed by atoms with Gasteiger partial charge in [-0.1, -0.05) is 251 Å². The third-order valence-corrected chi connectivity index (χ3v) is 12.5. The summed E-state index contributed by atoms with van der Waals surface area (Å²) in [6, 6.07) is 0. The Bertz CT molecular complexity index is 1540. The molecular weight excluding hydrogens is 901 g/mol. The van der Waals surface area contributed by atoms with Crippen LogP contribution in [0.3, 0.4) is 0 Å². The SMILES string of the molecule is CC/C=C\C/C=C\C/C=C\C/C=C\C/C=C\C/C=C\C/C=C\C/C=C\CCCCCCCCC(=O)OCC(COC(=O)CCCCCCC)OC(=O)CCCCCCCCCCC/C=C\C/C=C\CCCCC. The summed E-state index contributed by atoms with van der Waals surface area (Å²) in [7, 11) is 0. The van der Waals surface area contributed by atoms with Gasteiger partial charge in [-0.05, 0) is 116 Å². The van der Waals surface area contributed by atoms with Gasteiger partial charge in [-0.15, -0.1) is 0 Å². The van der Waals surface area contributed by atoms with Gasteiger partial charge in [0.2, 0.25) is 0 Å². The number of hydrogen-bond donors (Lipinski definition) is 0. The summed E-state index contributed by atoms with van der Waals surface area (Å²) in [6.07, 6.45) is 83.8. The van der Waals surface area contributed by atoms with Crippen molar-refractivity contribution in [1.29, 1.82) is 0 Å². The van der Waals surface area contributed by atoms with Crippen LogP contribution in [0.2, 0.25) is 0 Å². The van der Waals surface area contributed by atoms with E-state index in [0.29, 0.717) is 19.3 Å². The molecular formula is C67H110O6. The molecule has 0 aromatic rings. The van der Waals surface area contributed by atoms with Gasteiger partial charge in [-0.2, -0.15) is 0 Å². The molecule has 0 heterocycles. The molecule has 0 bridgehead atoms. The summed E-state index contributed by atoms with van der Waals surface area (Å²) in [5.74, 6) is -0.921. The number of carbonyl (C=O) groups excluding carboxylic acids is 3. The van der Waals surface area contributed by atoms with E-state index in [-0.39, 0.29) is 31.1 Å². The Morgan fingerprint density at radius 1 is 0.288 bits per heavy atom. The third kappa shape index (κ3) is 58.6. The second kappa shape index (κ2) is 60.4. The van der Waals surface area contributed by atoms with Gasteiger partial charge in [0.1, 0.15) is 13.2 Å². The number of esters is 3. The van der Waals surface area contributed by atoms with E-state index in [9.17, 15) is 14.4 Å². The summed E-state index contributed by atoms with van der Waals surface area (Å²) < 4.78 is 16.7. The number of allylic oxidation sites excluding steroid dienone is 20. The minimum Gasteiger partial charge on any atom is -0.462 e.